The highest BCUT2D eigenvalue weighted by atomic mass is 32.2. The van der Waals surface area contributed by atoms with Gasteiger partial charge >= 0.3 is 0 Å². The van der Waals surface area contributed by atoms with Crippen molar-refractivity contribution in [1.29, 1.82) is 0 Å². The van der Waals surface area contributed by atoms with Crippen molar-refractivity contribution >= 4 is 44.9 Å². The molecule has 27 heavy (non-hydrogen) atoms. The lowest BCUT2D eigenvalue weighted by Crippen LogP contribution is -2.21. The quantitative estimate of drug-likeness (QED) is 0.355. The van der Waals surface area contributed by atoms with Crippen LogP contribution in [0.25, 0.3) is 10.2 Å². The lowest BCUT2D eigenvalue weighted by atomic mass is 10.1. The number of carbonyl (C=O) groups excluding carboxylic acids is 1. The summed E-state index contributed by atoms with van der Waals surface area (Å²) in [5.41, 5.74) is 4.52. The maximum atomic E-state index is 12.0. The Kier molecular flexibility index (Phi) is 6.31. The first-order valence-electron chi connectivity index (χ1n) is 8.34. The molecule has 1 heterocycles. The van der Waals surface area contributed by atoms with E-state index in [2.05, 4.69) is 15.5 Å². The first-order chi connectivity index (χ1) is 13.1. The number of amides is 1. The van der Waals surface area contributed by atoms with Crippen LogP contribution in [0.5, 0.6) is 11.5 Å². The van der Waals surface area contributed by atoms with E-state index in [1.54, 1.807) is 31.2 Å². The van der Waals surface area contributed by atoms with E-state index in [1.165, 1.54) is 23.1 Å². The number of fused-ring (bicyclic) bond motifs is 1. The van der Waals surface area contributed by atoms with Crippen LogP contribution >= 0.6 is 23.1 Å². The molecule has 0 aliphatic rings. The van der Waals surface area contributed by atoms with Crippen LogP contribution in [-0.2, 0) is 4.79 Å². The van der Waals surface area contributed by atoms with Crippen molar-refractivity contribution in [3.8, 4) is 11.5 Å². The summed E-state index contributed by atoms with van der Waals surface area (Å²) in [5.74, 6) is 0.916. The van der Waals surface area contributed by atoms with Crippen LogP contribution in [0.15, 0.2) is 51.9 Å². The van der Waals surface area contributed by atoms with Crippen molar-refractivity contribution in [1.82, 2.24) is 10.4 Å². The third-order valence-corrected chi connectivity index (χ3v) is 5.78. The number of rotatable bonds is 7. The molecule has 0 fully saturated rings. The Morgan fingerprint density at radius 2 is 2.15 bits per heavy atom. The molecule has 0 aliphatic carbocycles. The zero-order valence-corrected chi connectivity index (χ0v) is 16.6. The first-order valence-corrected chi connectivity index (χ1v) is 10.1. The van der Waals surface area contributed by atoms with Gasteiger partial charge in [-0.2, -0.15) is 5.10 Å². The molecule has 2 N–H and O–H groups in total. The third kappa shape index (κ3) is 4.99. The van der Waals surface area contributed by atoms with E-state index in [0.717, 1.165) is 20.3 Å². The van der Waals surface area contributed by atoms with Gasteiger partial charge in [0.05, 0.1) is 28.3 Å². The highest BCUT2D eigenvalue weighted by molar-refractivity contribution is 8.01. The molecule has 0 atom stereocenters. The molecule has 140 valence electrons. The lowest BCUT2D eigenvalue weighted by molar-refractivity contribution is -0.118. The Morgan fingerprint density at radius 3 is 2.93 bits per heavy atom. The summed E-state index contributed by atoms with van der Waals surface area (Å²) in [6.07, 6.45) is 0. The number of carbonyl (C=O) groups is 1. The number of aromatic hydroxyl groups is 1. The Hall–Kier alpha value is -2.58. The molecule has 0 unspecified atom stereocenters. The van der Waals surface area contributed by atoms with Crippen LogP contribution < -0.4 is 10.2 Å². The van der Waals surface area contributed by atoms with Crippen molar-refractivity contribution < 1.29 is 14.6 Å². The zero-order valence-electron chi connectivity index (χ0n) is 14.9. The van der Waals surface area contributed by atoms with Gasteiger partial charge in [0.15, 0.2) is 4.34 Å². The van der Waals surface area contributed by atoms with Crippen LogP contribution in [0, 0.1) is 0 Å². The zero-order chi connectivity index (χ0) is 19.2. The average Bonchev–Trinajstić information content (AvgIpc) is 3.07. The molecular weight excluding hydrogens is 382 g/mol. The summed E-state index contributed by atoms with van der Waals surface area (Å²) < 4.78 is 7.34. The molecule has 6 nitrogen and oxygen atoms in total. The Balaban J connectivity index is 1.58. The lowest BCUT2D eigenvalue weighted by Gasteiger charge is -2.04. The second kappa shape index (κ2) is 8.88. The number of aromatic nitrogens is 1. The number of benzene rings is 2. The minimum atomic E-state index is -0.232. The van der Waals surface area contributed by atoms with Crippen molar-refractivity contribution in [3.63, 3.8) is 0 Å². The third-order valence-electron chi connectivity index (χ3n) is 3.62. The minimum Gasteiger partial charge on any atom is -0.507 e. The predicted octanol–water partition coefficient (Wildman–Crippen LogP) is 4.03. The summed E-state index contributed by atoms with van der Waals surface area (Å²) in [7, 11) is 0. The highest BCUT2D eigenvalue weighted by Gasteiger charge is 2.09. The molecule has 1 aromatic heterocycles. The average molecular weight is 402 g/mol. The van der Waals surface area contributed by atoms with Crippen LogP contribution in [0.2, 0.25) is 0 Å². The number of phenolic OH excluding ortho intramolecular Hbond substituents is 1. The standard InChI is InChI=1S/C19H19N3O3S2/c1-3-25-13-8-9-15-17(10-13)27-19(20-15)26-11-18(24)22-21-12(2)14-6-4-5-7-16(14)23/h4-10,23H,3,11H2,1-2H3,(H,22,24)/b21-12+. The molecule has 0 radical (unpaired) electrons. The number of thioether (sulfide) groups is 1. The number of hydrogen-bond donors (Lipinski definition) is 2. The monoisotopic (exact) mass is 401 g/mol. The predicted molar refractivity (Wildman–Crippen MR) is 110 cm³/mol. The molecule has 0 saturated carbocycles. The summed E-state index contributed by atoms with van der Waals surface area (Å²) >= 11 is 2.89. The smallest absolute Gasteiger partial charge is 0.250 e. The van der Waals surface area contributed by atoms with Crippen LogP contribution in [0.4, 0.5) is 0 Å². The minimum absolute atomic E-state index is 0.128. The van der Waals surface area contributed by atoms with Gasteiger partial charge in [-0.25, -0.2) is 10.4 Å². The van der Waals surface area contributed by atoms with Crippen LogP contribution in [0.3, 0.4) is 0 Å². The van der Waals surface area contributed by atoms with E-state index in [1.807, 2.05) is 25.1 Å². The molecule has 0 saturated heterocycles. The van der Waals surface area contributed by atoms with Gasteiger partial charge in [-0.1, -0.05) is 23.9 Å². The van der Waals surface area contributed by atoms with Gasteiger partial charge in [0.25, 0.3) is 5.91 Å². The van der Waals surface area contributed by atoms with Gasteiger partial charge in [0.1, 0.15) is 11.5 Å². The molecule has 2 aromatic carbocycles. The first kappa shape index (κ1) is 19.2. The maximum absolute atomic E-state index is 12.0. The van der Waals surface area contributed by atoms with Gasteiger partial charge in [-0.05, 0) is 44.2 Å². The molecule has 0 bridgehead atoms. The van der Waals surface area contributed by atoms with E-state index < -0.39 is 0 Å². The van der Waals surface area contributed by atoms with Gasteiger partial charge in [0.2, 0.25) is 0 Å². The summed E-state index contributed by atoms with van der Waals surface area (Å²) in [4.78, 5) is 16.6. The highest BCUT2D eigenvalue weighted by Crippen LogP contribution is 2.31. The fourth-order valence-electron chi connectivity index (χ4n) is 2.35. The SMILES string of the molecule is CCOc1ccc2nc(SCC(=O)N/N=C(\C)c3ccccc3O)sc2c1. The van der Waals surface area contributed by atoms with Gasteiger partial charge < -0.3 is 9.84 Å². The Labute approximate surface area is 165 Å². The van der Waals surface area contributed by atoms with E-state index >= 15 is 0 Å². The molecule has 8 heteroatoms. The molecule has 0 aliphatic heterocycles. The van der Waals surface area contributed by atoms with Gasteiger partial charge in [-0.15, -0.1) is 11.3 Å². The second-order valence-corrected chi connectivity index (χ2v) is 7.83. The molecule has 1 amide bonds. The van der Waals surface area contributed by atoms with Gasteiger partial charge in [0, 0.05) is 5.56 Å². The van der Waals surface area contributed by atoms with E-state index in [4.69, 9.17) is 4.74 Å². The number of nitrogens with one attached hydrogen (secondary N) is 1. The van der Waals surface area contributed by atoms with E-state index in [-0.39, 0.29) is 17.4 Å². The topological polar surface area (TPSA) is 83.8 Å². The number of nitrogens with zero attached hydrogens (tertiary/aromatic N) is 2. The molecule has 3 aromatic rings. The fraction of sp³-hybridized carbons (Fsp3) is 0.211. The van der Waals surface area contributed by atoms with E-state index in [9.17, 15) is 9.90 Å². The fourth-order valence-corrected chi connectivity index (χ4v) is 4.24. The van der Waals surface area contributed by atoms with Crippen molar-refractivity contribution in [3.05, 3.63) is 48.0 Å². The normalized spacial score (nSPS) is 11.6. The van der Waals surface area contributed by atoms with Crippen molar-refractivity contribution in [2.75, 3.05) is 12.4 Å². The Bertz CT molecular complexity index is 985. The number of thiazole rings is 1. The summed E-state index contributed by atoms with van der Waals surface area (Å²) in [6.45, 7) is 4.29. The van der Waals surface area contributed by atoms with Crippen molar-refractivity contribution in [2.24, 2.45) is 5.10 Å². The van der Waals surface area contributed by atoms with Crippen LogP contribution in [-0.4, -0.2) is 34.1 Å². The van der Waals surface area contributed by atoms with Gasteiger partial charge in [-0.3, -0.25) is 4.79 Å². The molecular formula is C19H19N3O3S2. The largest absolute Gasteiger partial charge is 0.507 e. The maximum Gasteiger partial charge on any atom is 0.250 e. The van der Waals surface area contributed by atoms with E-state index in [0.29, 0.717) is 17.9 Å². The number of hydrazone groups is 1. The molecule has 3 rings (SSSR count). The second-order valence-electron chi connectivity index (χ2n) is 5.58. The Morgan fingerprint density at radius 1 is 1.33 bits per heavy atom. The number of phenols is 1. The van der Waals surface area contributed by atoms with Crippen LogP contribution in [0.1, 0.15) is 19.4 Å². The summed E-state index contributed by atoms with van der Waals surface area (Å²) in [6, 6.07) is 12.6. The number of hydrogen-bond acceptors (Lipinski definition) is 7. The van der Waals surface area contributed by atoms with Crippen molar-refractivity contribution in [2.45, 2.75) is 18.2 Å². The number of para-hydroxylation sites is 1. The summed E-state index contributed by atoms with van der Waals surface area (Å²) in [5, 5.41) is 13.9. The number of ether oxygens (including phenoxy) is 1. The molecule has 0 spiro atoms.